The van der Waals surface area contributed by atoms with E-state index in [0.717, 1.165) is 39.8 Å². The summed E-state index contributed by atoms with van der Waals surface area (Å²) in [4.78, 5) is 14.6. The van der Waals surface area contributed by atoms with E-state index in [4.69, 9.17) is 28.4 Å². The number of rotatable bonds is 18. The Bertz CT molecular complexity index is 1690. The Morgan fingerprint density at radius 2 is 1.72 bits per heavy atom. The summed E-state index contributed by atoms with van der Waals surface area (Å²) >= 11 is 0. The highest BCUT2D eigenvalue weighted by atomic mass is 32.2. The van der Waals surface area contributed by atoms with Crippen LogP contribution in [0.3, 0.4) is 0 Å². The molecule has 1 saturated heterocycles. The van der Waals surface area contributed by atoms with Crippen LogP contribution in [0.25, 0.3) is 0 Å². The van der Waals surface area contributed by atoms with Crippen LogP contribution in [0.2, 0.25) is 25.7 Å². The van der Waals surface area contributed by atoms with Crippen LogP contribution < -0.4 is 14.2 Å². The molecule has 0 spiro atoms. The summed E-state index contributed by atoms with van der Waals surface area (Å²) in [5.41, 5.74) is 3.84. The molecular weight excluding hydrogens is 677 g/mol. The number of carbonyl (C=O) groups excluding carboxylic acids is 1. The van der Waals surface area contributed by atoms with Gasteiger partial charge in [0.1, 0.15) is 30.9 Å². The molecule has 1 unspecified atom stereocenters. The van der Waals surface area contributed by atoms with Crippen LogP contribution in [0.1, 0.15) is 42.2 Å². The van der Waals surface area contributed by atoms with Crippen molar-refractivity contribution in [3.63, 3.8) is 0 Å². The fraction of sp³-hybridized carbons (Fsp3) is 0.486. The van der Waals surface area contributed by atoms with E-state index in [0.29, 0.717) is 59.0 Å². The van der Waals surface area contributed by atoms with E-state index in [1.807, 2.05) is 62.4 Å². The van der Waals surface area contributed by atoms with Crippen LogP contribution in [0.4, 0.5) is 4.79 Å². The molecule has 50 heavy (non-hydrogen) atoms. The van der Waals surface area contributed by atoms with Crippen molar-refractivity contribution in [1.29, 1.82) is 0 Å². The molecule has 3 aromatic carbocycles. The quantitative estimate of drug-likeness (QED) is 0.0915. The third kappa shape index (κ3) is 11.3. The molecule has 272 valence electrons. The molecule has 0 saturated carbocycles. The SMILES string of the molecule is CC1(C)OCc2cc(C3CN(CCc4ccc(OCCOCCc5cccc(S(=O)(=O)NCOCC[Si](C)(C)C)c5)cc4)C(=O)O3)ccc2O1. The van der Waals surface area contributed by atoms with Crippen LogP contribution in [0.15, 0.2) is 71.6 Å². The first-order valence-corrected chi connectivity index (χ1v) is 22.3. The molecule has 1 N–H and O–H groups in total. The fourth-order valence-corrected chi connectivity index (χ4v) is 7.20. The number of carbonyl (C=O) groups is 1. The van der Waals surface area contributed by atoms with Crippen LogP contribution >= 0.6 is 0 Å². The first-order valence-electron chi connectivity index (χ1n) is 17.1. The van der Waals surface area contributed by atoms with E-state index in [1.165, 1.54) is 0 Å². The summed E-state index contributed by atoms with van der Waals surface area (Å²) in [7, 11) is -4.88. The lowest BCUT2D eigenvalue weighted by Crippen LogP contribution is -2.35. The Balaban J connectivity index is 0.969. The van der Waals surface area contributed by atoms with Crippen molar-refractivity contribution in [3.05, 3.63) is 89.0 Å². The summed E-state index contributed by atoms with van der Waals surface area (Å²) < 4.78 is 62.3. The maximum atomic E-state index is 12.7. The van der Waals surface area contributed by atoms with Gasteiger partial charge in [0, 0.05) is 40.6 Å². The zero-order valence-electron chi connectivity index (χ0n) is 29.7. The van der Waals surface area contributed by atoms with Crippen molar-refractivity contribution in [1.82, 2.24) is 9.62 Å². The highest BCUT2D eigenvalue weighted by Crippen LogP contribution is 2.35. The largest absolute Gasteiger partial charge is 0.491 e. The minimum absolute atomic E-state index is 0.0400. The van der Waals surface area contributed by atoms with Crippen LogP contribution in [0, 0.1) is 0 Å². The number of hydrogen-bond acceptors (Lipinski definition) is 9. The van der Waals surface area contributed by atoms with E-state index >= 15 is 0 Å². The first kappa shape index (κ1) is 37.8. The van der Waals surface area contributed by atoms with E-state index < -0.39 is 23.9 Å². The highest BCUT2D eigenvalue weighted by Gasteiger charge is 2.34. The molecule has 11 nitrogen and oxygen atoms in total. The molecule has 0 bridgehead atoms. The summed E-state index contributed by atoms with van der Waals surface area (Å²) in [6, 6.07) is 21.5. The van der Waals surface area contributed by atoms with Crippen molar-refractivity contribution in [2.24, 2.45) is 0 Å². The fourth-order valence-electron chi connectivity index (χ4n) is 5.47. The van der Waals surface area contributed by atoms with Gasteiger partial charge >= 0.3 is 6.09 Å². The number of fused-ring (bicyclic) bond motifs is 1. The summed E-state index contributed by atoms with van der Waals surface area (Å²) in [6.07, 6.45) is 0.618. The number of nitrogens with one attached hydrogen (secondary N) is 1. The summed E-state index contributed by atoms with van der Waals surface area (Å²) in [6.45, 7) is 13.7. The molecule has 2 heterocycles. The predicted octanol–water partition coefficient (Wildman–Crippen LogP) is 6.30. The lowest BCUT2D eigenvalue weighted by atomic mass is 10.0. The standard InChI is InChI=1S/C37H50N2O9SSi/c1-37(2)46-26-31-24-30(11-14-34(31)48-37)35-25-39(36(40)47-35)17-15-28-9-12-32(13-10-28)45-20-19-43-18-16-29-7-6-8-33(23-29)49(41,42)38-27-44-21-22-50(3,4)5/h6-14,23-24,35,38H,15-22,25-27H2,1-5H3. The molecule has 2 aliphatic heterocycles. The van der Waals surface area contributed by atoms with Gasteiger partial charge in [-0.05, 0) is 72.0 Å². The highest BCUT2D eigenvalue weighted by molar-refractivity contribution is 7.89. The average Bonchev–Trinajstić information content (AvgIpc) is 3.44. The van der Waals surface area contributed by atoms with Crippen molar-refractivity contribution in [2.45, 2.75) is 75.8 Å². The Morgan fingerprint density at radius 1 is 0.920 bits per heavy atom. The van der Waals surface area contributed by atoms with Gasteiger partial charge in [-0.3, -0.25) is 0 Å². The van der Waals surface area contributed by atoms with Gasteiger partial charge in [0.25, 0.3) is 0 Å². The molecule has 1 atom stereocenters. The summed E-state index contributed by atoms with van der Waals surface area (Å²) in [5, 5.41) is 0. The van der Waals surface area contributed by atoms with Crippen LogP contribution in [0.5, 0.6) is 11.5 Å². The zero-order valence-corrected chi connectivity index (χ0v) is 31.6. The van der Waals surface area contributed by atoms with Crippen molar-refractivity contribution >= 4 is 24.2 Å². The maximum Gasteiger partial charge on any atom is 0.410 e. The molecule has 0 radical (unpaired) electrons. The Labute approximate surface area is 297 Å². The molecule has 0 aliphatic carbocycles. The van der Waals surface area contributed by atoms with Crippen molar-refractivity contribution in [3.8, 4) is 11.5 Å². The van der Waals surface area contributed by atoms with E-state index in [2.05, 4.69) is 24.4 Å². The lowest BCUT2D eigenvalue weighted by molar-refractivity contribution is -0.180. The van der Waals surface area contributed by atoms with Crippen molar-refractivity contribution in [2.75, 3.05) is 46.2 Å². The molecule has 2 aliphatic rings. The Kier molecular flexibility index (Phi) is 12.6. The van der Waals surface area contributed by atoms with Gasteiger partial charge < -0.3 is 33.3 Å². The third-order valence-electron chi connectivity index (χ3n) is 8.46. The maximum absolute atomic E-state index is 12.7. The molecule has 13 heteroatoms. The number of amides is 1. The Morgan fingerprint density at radius 3 is 2.50 bits per heavy atom. The molecule has 1 amide bonds. The first-order chi connectivity index (χ1) is 23.8. The van der Waals surface area contributed by atoms with Gasteiger partial charge in [-0.2, -0.15) is 4.72 Å². The molecular formula is C37H50N2O9SSi. The second-order valence-electron chi connectivity index (χ2n) is 14.2. The zero-order chi connectivity index (χ0) is 35.8. The molecule has 5 rings (SSSR count). The van der Waals surface area contributed by atoms with Gasteiger partial charge in [-0.1, -0.05) is 50.0 Å². The number of nitrogens with zero attached hydrogens (tertiary/aromatic N) is 1. The monoisotopic (exact) mass is 726 g/mol. The average molecular weight is 727 g/mol. The van der Waals surface area contributed by atoms with Crippen LogP contribution in [-0.2, 0) is 48.4 Å². The third-order valence-corrected chi connectivity index (χ3v) is 11.5. The van der Waals surface area contributed by atoms with Crippen molar-refractivity contribution < 1.29 is 41.6 Å². The number of benzene rings is 3. The lowest BCUT2D eigenvalue weighted by Gasteiger charge is -2.32. The van der Waals surface area contributed by atoms with E-state index in [-0.39, 0.29) is 23.8 Å². The number of sulfonamides is 1. The second-order valence-corrected chi connectivity index (χ2v) is 21.6. The minimum Gasteiger partial charge on any atom is -0.491 e. The van der Waals surface area contributed by atoms with Gasteiger partial charge in [-0.25, -0.2) is 13.2 Å². The molecule has 3 aromatic rings. The molecule has 1 fully saturated rings. The Hall–Kier alpha value is -3.46. The summed E-state index contributed by atoms with van der Waals surface area (Å²) in [5.74, 6) is 0.872. The molecule has 0 aromatic heterocycles. The van der Waals surface area contributed by atoms with Gasteiger partial charge in [0.05, 0.1) is 31.3 Å². The normalized spacial score (nSPS) is 17.3. The van der Waals surface area contributed by atoms with Gasteiger partial charge in [-0.15, -0.1) is 0 Å². The second kappa shape index (κ2) is 16.7. The number of hydrogen-bond donors (Lipinski definition) is 1. The van der Waals surface area contributed by atoms with E-state index in [9.17, 15) is 13.2 Å². The smallest absolute Gasteiger partial charge is 0.410 e. The van der Waals surface area contributed by atoms with Crippen LogP contribution in [-0.4, -0.2) is 79.5 Å². The topological polar surface area (TPSA) is 122 Å². The number of cyclic esters (lactones) is 1. The van der Waals surface area contributed by atoms with E-state index in [1.54, 1.807) is 23.1 Å². The predicted molar refractivity (Wildman–Crippen MR) is 193 cm³/mol. The van der Waals surface area contributed by atoms with Gasteiger partial charge in [0.2, 0.25) is 15.8 Å². The van der Waals surface area contributed by atoms with Gasteiger partial charge in [0.15, 0.2) is 0 Å². The number of ether oxygens (including phenoxy) is 6. The minimum atomic E-state index is -3.66.